The standard InChI is InChI=1S/C13H9ClN2O5/c14-11-3-1-2-4-13(11)21-8-9-5-6-10(15(17)18)7-12(9)16(19)20/h1-7H,8H2. The van der Waals surface area contributed by atoms with Gasteiger partial charge in [0.25, 0.3) is 11.4 Å². The molecule has 2 rings (SSSR count). The number of nitrogens with zero attached hydrogens (tertiary/aromatic N) is 2. The fraction of sp³-hybridized carbons (Fsp3) is 0.0769. The molecule has 0 atom stereocenters. The van der Waals surface area contributed by atoms with Crippen molar-refractivity contribution in [2.75, 3.05) is 0 Å². The van der Waals surface area contributed by atoms with Crippen molar-refractivity contribution in [1.29, 1.82) is 0 Å². The van der Waals surface area contributed by atoms with Gasteiger partial charge in [-0.2, -0.15) is 0 Å². The molecule has 0 aliphatic rings. The molecule has 0 N–H and O–H groups in total. The third-order valence-electron chi connectivity index (χ3n) is 2.70. The molecule has 2 aromatic carbocycles. The minimum absolute atomic E-state index is 0.113. The molecule has 0 aliphatic carbocycles. The lowest BCUT2D eigenvalue weighted by Gasteiger charge is -2.08. The van der Waals surface area contributed by atoms with Crippen molar-refractivity contribution < 1.29 is 14.6 Å². The van der Waals surface area contributed by atoms with E-state index in [2.05, 4.69) is 0 Å². The SMILES string of the molecule is O=[N+]([O-])c1ccc(COc2ccccc2Cl)c([N+](=O)[O-])c1. The number of rotatable bonds is 5. The molecule has 0 amide bonds. The molecule has 108 valence electrons. The van der Waals surface area contributed by atoms with Gasteiger partial charge in [-0.1, -0.05) is 23.7 Å². The van der Waals surface area contributed by atoms with E-state index in [1.165, 1.54) is 12.1 Å². The number of nitro groups is 2. The van der Waals surface area contributed by atoms with Crippen LogP contribution in [0.15, 0.2) is 42.5 Å². The molecule has 8 heteroatoms. The third-order valence-corrected chi connectivity index (χ3v) is 3.01. The number of ether oxygens (including phenoxy) is 1. The van der Waals surface area contributed by atoms with E-state index in [0.717, 1.165) is 6.07 Å². The Morgan fingerprint density at radius 3 is 2.38 bits per heavy atom. The zero-order valence-electron chi connectivity index (χ0n) is 10.6. The van der Waals surface area contributed by atoms with Gasteiger partial charge in [-0.25, -0.2) is 0 Å². The van der Waals surface area contributed by atoms with E-state index < -0.39 is 9.85 Å². The number of para-hydroxylation sites is 1. The molecule has 7 nitrogen and oxygen atoms in total. The predicted octanol–water partition coefficient (Wildman–Crippen LogP) is 3.74. The molecule has 0 heterocycles. The lowest BCUT2D eigenvalue weighted by atomic mass is 10.1. The molecule has 0 radical (unpaired) electrons. The Balaban J connectivity index is 2.26. The van der Waals surface area contributed by atoms with Gasteiger partial charge in [0, 0.05) is 6.07 Å². The molecule has 0 fully saturated rings. The Kier molecular flexibility index (Phi) is 4.34. The van der Waals surface area contributed by atoms with Gasteiger partial charge in [0.2, 0.25) is 0 Å². The van der Waals surface area contributed by atoms with Crippen molar-refractivity contribution in [3.05, 3.63) is 73.3 Å². The summed E-state index contributed by atoms with van der Waals surface area (Å²) in [7, 11) is 0. The van der Waals surface area contributed by atoms with Crippen LogP contribution in [-0.4, -0.2) is 9.85 Å². The van der Waals surface area contributed by atoms with Crippen molar-refractivity contribution in [2.24, 2.45) is 0 Å². The van der Waals surface area contributed by atoms with Crippen LogP contribution in [0, 0.1) is 20.2 Å². The molecule has 0 unspecified atom stereocenters. The van der Waals surface area contributed by atoms with E-state index in [1.54, 1.807) is 24.3 Å². The highest BCUT2D eigenvalue weighted by molar-refractivity contribution is 6.32. The van der Waals surface area contributed by atoms with Gasteiger partial charge in [0.15, 0.2) is 0 Å². The van der Waals surface area contributed by atoms with Crippen LogP contribution in [0.2, 0.25) is 5.02 Å². The van der Waals surface area contributed by atoms with Gasteiger partial charge >= 0.3 is 0 Å². The van der Waals surface area contributed by atoms with E-state index in [4.69, 9.17) is 16.3 Å². The molecule has 0 aromatic heterocycles. The maximum Gasteiger partial charge on any atom is 0.282 e. The van der Waals surface area contributed by atoms with Crippen LogP contribution in [0.4, 0.5) is 11.4 Å². The topological polar surface area (TPSA) is 95.5 Å². The van der Waals surface area contributed by atoms with E-state index >= 15 is 0 Å². The minimum Gasteiger partial charge on any atom is -0.487 e. The number of halogens is 1. The van der Waals surface area contributed by atoms with Gasteiger partial charge in [-0.3, -0.25) is 20.2 Å². The van der Waals surface area contributed by atoms with Crippen molar-refractivity contribution in [2.45, 2.75) is 6.61 Å². The summed E-state index contributed by atoms with van der Waals surface area (Å²) in [5.74, 6) is 0.381. The van der Waals surface area contributed by atoms with Gasteiger partial charge in [-0.15, -0.1) is 0 Å². The molecule has 0 aliphatic heterocycles. The van der Waals surface area contributed by atoms with E-state index in [9.17, 15) is 20.2 Å². The van der Waals surface area contributed by atoms with Crippen molar-refractivity contribution in [3.63, 3.8) is 0 Å². The van der Waals surface area contributed by atoms with Crippen LogP contribution >= 0.6 is 11.6 Å². The molecule has 21 heavy (non-hydrogen) atoms. The first-order valence-electron chi connectivity index (χ1n) is 5.78. The van der Waals surface area contributed by atoms with Crippen LogP contribution in [0.1, 0.15) is 5.56 Å². The van der Waals surface area contributed by atoms with Crippen molar-refractivity contribution in [1.82, 2.24) is 0 Å². The summed E-state index contributed by atoms with van der Waals surface area (Å²) >= 11 is 5.91. The van der Waals surface area contributed by atoms with E-state index in [-0.39, 0.29) is 23.5 Å². The van der Waals surface area contributed by atoms with Crippen LogP contribution < -0.4 is 4.74 Å². The average Bonchev–Trinajstić information content (AvgIpc) is 2.46. The fourth-order valence-electron chi connectivity index (χ4n) is 1.68. The maximum absolute atomic E-state index is 11.0. The first-order valence-corrected chi connectivity index (χ1v) is 6.16. The quantitative estimate of drug-likeness (QED) is 0.619. The largest absolute Gasteiger partial charge is 0.487 e. The molecule has 0 saturated heterocycles. The summed E-state index contributed by atoms with van der Waals surface area (Å²) in [6.07, 6.45) is 0. The number of hydrogen-bond donors (Lipinski definition) is 0. The van der Waals surface area contributed by atoms with Gasteiger partial charge < -0.3 is 4.74 Å². The smallest absolute Gasteiger partial charge is 0.282 e. The molecule has 0 saturated carbocycles. The number of benzene rings is 2. The van der Waals surface area contributed by atoms with Crippen LogP contribution in [0.25, 0.3) is 0 Å². The highest BCUT2D eigenvalue weighted by Crippen LogP contribution is 2.28. The molecule has 0 bridgehead atoms. The number of hydrogen-bond acceptors (Lipinski definition) is 5. The van der Waals surface area contributed by atoms with E-state index in [1.807, 2.05) is 0 Å². The molecule has 0 spiro atoms. The first kappa shape index (κ1) is 14.7. The summed E-state index contributed by atoms with van der Waals surface area (Å²) in [5.41, 5.74) is -0.482. The minimum atomic E-state index is -0.689. The summed E-state index contributed by atoms with van der Waals surface area (Å²) in [6.45, 7) is -0.113. The van der Waals surface area contributed by atoms with E-state index in [0.29, 0.717) is 10.8 Å². The second-order valence-electron chi connectivity index (χ2n) is 4.05. The fourth-order valence-corrected chi connectivity index (χ4v) is 1.87. The summed E-state index contributed by atoms with van der Waals surface area (Å²) in [5, 5.41) is 22.0. The van der Waals surface area contributed by atoms with Gasteiger partial charge in [0.05, 0.1) is 26.5 Å². The monoisotopic (exact) mass is 308 g/mol. The van der Waals surface area contributed by atoms with Gasteiger partial charge in [-0.05, 0) is 18.2 Å². The Hall–Kier alpha value is -2.67. The number of nitro benzene ring substituents is 2. The second-order valence-corrected chi connectivity index (χ2v) is 4.45. The van der Waals surface area contributed by atoms with Crippen molar-refractivity contribution in [3.8, 4) is 5.75 Å². The Labute approximate surface area is 124 Å². The first-order chi connectivity index (χ1) is 9.99. The molecular weight excluding hydrogens is 300 g/mol. The maximum atomic E-state index is 11.0. The zero-order valence-corrected chi connectivity index (χ0v) is 11.3. The molecular formula is C13H9ClN2O5. The normalized spacial score (nSPS) is 10.1. The lowest BCUT2D eigenvalue weighted by molar-refractivity contribution is -0.394. The zero-order chi connectivity index (χ0) is 15.4. The summed E-state index contributed by atoms with van der Waals surface area (Å²) in [6, 6.07) is 10.1. The lowest BCUT2D eigenvalue weighted by Crippen LogP contribution is -2.02. The average molecular weight is 309 g/mol. The predicted molar refractivity (Wildman–Crippen MR) is 75.5 cm³/mol. The highest BCUT2D eigenvalue weighted by atomic mass is 35.5. The Morgan fingerprint density at radius 1 is 1.05 bits per heavy atom. The summed E-state index contributed by atoms with van der Waals surface area (Å²) in [4.78, 5) is 20.3. The molecule has 2 aromatic rings. The highest BCUT2D eigenvalue weighted by Gasteiger charge is 2.19. The van der Waals surface area contributed by atoms with Crippen LogP contribution in [0.5, 0.6) is 5.75 Å². The summed E-state index contributed by atoms with van der Waals surface area (Å²) < 4.78 is 5.41. The van der Waals surface area contributed by atoms with Gasteiger partial charge in [0.1, 0.15) is 12.4 Å². The van der Waals surface area contributed by atoms with Crippen LogP contribution in [-0.2, 0) is 6.61 Å². The number of non-ortho nitro benzene ring substituents is 1. The Morgan fingerprint density at radius 2 is 1.76 bits per heavy atom. The van der Waals surface area contributed by atoms with Crippen molar-refractivity contribution >= 4 is 23.0 Å². The second kappa shape index (κ2) is 6.19. The Bertz CT molecular complexity index is 705. The third kappa shape index (κ3) is 3.46. The van der Waals surface area contributed by atoms with Crippen LogP contribution in [0.3, 0.4) is 0 Å².